The Morgan fingerprint density at radius 3 is 2.70 bits per heavy atom. The molecule has 1 atom stereocenters. The molecule has 0 saturated heterocycles. The van der Waals surface area contributed by atoms with Crippen LogP contribution in [0.5, 0.6) is 5.75 Å². The van der Waals surface area contributed by atoms with Crippen LogP contribution in [0.2, 0.25) is 0 Å². The molecule has 0 bridgehead atoms. The number of anilines is 1. The zero-order chi connectivity index (χ0) is 23.2. The van der Waals surface area contributed by atoms with Crippen molar-refractivity contribution in [2.75, 3.05) is 5.32 Å². The van der Waals surface area contributed by atoms with Crippen molar-refractivity contribution in [3.63, 3.8) is 0 Å². The zero-order valence-electron chi connectivity index (χ0n) is 18.9. The van der Waals surface area contributed by atoms with E-state index in [1.807, 2.05) is 18.2 Å². The highest BCUT2D eigenvalue weighted by Crippen LogP contribution is 2.43. The van der Waals surface area contributed by atoms with E-state index in [1.54, 1.807) is 4.68 Å². The normalized spacial score (nSPS) is 17.9. The first-order valence-corrected chi connectivity index (χ1v) is 11.9. The van der Waals surface area contributed by atoms with Crippen LogP contribution < -0.4 is 10.1 Å². The molecule has 33 heavy (non-hydrogen) atoms. The number of halogens is 1. The molecule has 170 valence electrons. The van der Waals surface area contributed by atoms with Gasteiger partial charge in [0.2, 0.25) is 5.95 Å². The van der Waals surface area contributed by atoms with Gasteiger partial charge >= 0.3 is 0 Å². The number of fused-ring (bicyclic) bond motifs is 1. The van der Waals surface area contributed by atoms with E-state index in [1.165, 1.54) is 5.56 Å². The van der Waals surface area contributed by atoms with Crippen LogP contribution in [0, 0.1) is 0 Å². The molecule has 0 amide bonds. The Bertz CT molecular complexity index is 1240. The lowest BCUT2D eigenvalue weighted by molar-refractivity contribution is -0.116. The Labute approximate surface area is 201 Å². The Hall–Kier alpha value is -3.00. The lowest BCUT2D eigenvalue weighted by Gasteiger charge is -2.32. The van der Waals surface area contributed by atoms with Crippen LogP contribution in [-0.2, 0) is 16.8 Å². The summed E-state index contributed by atoms with van der Waals surface area (Å²) in [4.78, 5) is 13.0. The molecule has 2 aliphatic rings. The van der Waals surface area contributed by atoms with Crippen molar-refractivity contribution >= 4 is 27.7 Å². The molecule has 8 heteroatoms. The monoisotopic (exact) mass is 507 g/mol. The van der Waals surface area contributed by atoms with E-state index in [9.17, 15) is 4.79 Å². The molecule has 7 nitrogen and oxygen atoms in total. The number of rotatable bonds is 4. The maximum Gasteiger partial charge on any atom is 0.248 e. The third kappa shape index (κ3) is 4.19. The Kier molecular flexibility index (Phi) is 5.56. The Balaban J connectivity index is 1.50. The summed E-state index contributed by atoms with van der Waals surface area (Å²) in [6.07, 6.45) is 2.15. The molecule has 2 heterocycles. The predicted octanol–water partition coefficient (Wildman–Crippen LogP) is 5.33. The van der Waals surface area contributed by atoms with Crippen LogP contribution >= 0.6 is 15.9 Å². The molecule has 0 saturated carbocycles. The first-order valence-electron chi connectivity index (χ1n) is 11.1. The van der Waals surface area contributed by atoms with Gasteiger partial charge in [-0.1, -0.05) is 66.1 Å². The predicted molar refractivity (Wildman–Crippen MR) is 129 cm³/mol. The number of allylic oxidation sites excluding steroid dienone is 2. The highest BCUT2D eigenvalue weighted by atomic mass is 79.9. The number of nitrogens with zero attached hydrogens (tertiary/aromatic N) is 4. The smallest absolute Gasteiger partial charge is 0.248 e. The number of Topliss-reactive ketones (excluding diaryl/α,β-unsaturated/α-hetero) is 1. The quantitative estimate of drug-likeness (QED) is 0.513. The minimum Gasteiger partial charge on any atom is -0.489 e. The van der Waals surface area contributed by atoms with Gasteiger partial charge < -0.3 is 10.1 Å². The lowest BCUT2D eigenvalue weighted by Crippen LogP contribution is -2.31. The summed E-state index contributed by atoms with van der Waals surface area (Å²) in [5.74, 6) is 1.37. The largest absolute Gasteiger partial charge is 0.489 e. The minimum atomic E-state index is -0.435. The molecule has 0 fully saturated rings. The fourth-order valence-electron chi connectivity index (χ4n) is 4.43. The van der Waals surface area contributed by atoms with Gasteiger partial charge in [-0.2, -0.15) is 4.68 Å². The topological polar surface area (TPSA) is 81.9 Å². The summed E-state index contributed by atoms with van der Waals surface area (Å²) in [7, 11) is 0. The summed E-state index contributed by atoms with van der Waals surface area (Å²) in [5.41, 5.74) is 4.95. The van der Waals surface area contributed by atoms with Gasteiger partial charge in [0, 0.05) is 27.7 Å². The van der Waals surface area contributed by atoms with Gasteiger partial charge in [0.15, 0.2) is 5.78 Å². The molecule has 1 unspecified atom stereocenters. The number of carbonyl (C=O) groups is 1. The summed E-state index contributed by atoms with van der Waals surface area (Å²) in [5, 5.41) is 15.4. The van der Waals surface area contributed by atoms with Gasteiger partial charge in [-0.25, -0.2) is 0 Å². The zero-order valence-corrected chi connectivity index (χ0v) is 20.5. The van der Waals surface area contributed by atoms with Crippen molar-refractivity contribution in [2.24, 2.45) is 0 Å². The van der Waals surface area contributed by atoms with E-state index >= 15 is 0 Å². The molecule has 3 aromatic rings. The average molecular weight is 508 g/mol. The van der Waals surface area contributed by atoms with Gasteiger partial charge in [-0.05, 0) is 58.0 Å². The Morgan fingerprint density at radius 2 is 1.94 bits per heavy atom. The average Bonchev–Trinajstić information content (AvgIpc) is 3.25. The first-order chi connectivity index (χ1) is 15.8. The number of benzene rings is 2. The van der Waals surface area contributed by atoms with Gasteiger partial charge in [0.1, 0.15) is 18.4 Å². The number of carbonyl (C=O) groups excluding carboxylic acids is 1. The fraction of sp³-hybridized carbons (Fsp3) is 0.360. The number of aromatic nitrogens is 4. The third-order valence-electron chi connectivity index (χ3n) is 6.21. The van der Waals surface area contributed by atoms with Crippen molar-refractivity contribution < 1.29 is 9.53 Å². The molecule has 0 radical (unpaired) electrons. The number of ether oxygens (including phenoxy) is 1. The molecule has 2 aromatic carbocycles. The number of hydrogen-bond acceptors (Lipinski definition) is 6. The van der Waals surface area contributed by atoms with Crippen molar-refractivity contribution in [2.45, 2.75) is 58.1 Å². The van der Waals surface area contributed by atoms with Crippen LogP contribution in [0.4, 0.5) is 5.95 Å². The minimum absolute atomic E-state index is 0.106. The Morgan fingerprint density at radius 1 is 1.15 bits per heavy atom. The van der Waals surface area contributed by atoms with Gasteiger partial charge in [0.05, 0.1) is 0 Å². The molecule has 0 spiro atoms. The lowest BCUT2D eigenvalue weighted by atomic mass is 9.85. The molecule has 1 N–H and O–H groups in total. The van der Waals surface area contributed by atoms with Gasteiger partial charge in [-0.15, -0.1) is 0 Å². The number of ketones is 1. The van der Waals surface area contributed by atoms with E-state index in [0.717, 1.165) is 39.7 Å². The van der Waals surface area contributed by atoms with Crippen molar-refractivity contribution in [3.8, 4) is 5.75 Å². The molecule has 1 aliphatic heterocycles. The number of tetrazole rings is 1. The maximum absolute atomic E-state index is 13.0. The standard InChI is InChI=1S/C25H26BrN5O2/c1-25(2,3)16-9-7-15(8-10-16)14-33-21-12-11-17(26)13-18(21)23-22-19(5-4-6-20(22)32)27-24-28-29-30-31(23)24/h7-13,23H,4-6,14H2,1-3H3,(H,27,28,30). The van der Waals surface area contributed by atoms with Gasteiger partial charge in [-0.3, -0.25) is 4.79 Å². The van der Waals surface area contributed by atoms with E-state index in [0.29, 0.717) is 24.7 Å². The summed E-state index contributed by atoms with van der Waals surface area (Å²) >= 11 is 3.59. The van der Waals surface area contributed by atoms with E-state index in [2.05, 4.69) is 81.8 Å². The second-order valence-electron chi connectivity index (χ2n) is 9.56. The van der Waals surface area contributed by atoms with E-state index in [4.69, 9.17) is 4.74 Å². The van der Waals surface area contributed by atoms with E-state index in [-0.39, 0.29) is 11.2 Å². The summed E-state index contributed by atoms with van der Waals surface area (Å²) in [6.45, 7) is 7.03. The molecule has 5 rings (SSSR count). The molecule has 1 aromatic heterocycles. The number of nitrogens with one attached hydrogen (secondary N) is 1. The van der Waals surface area contributed by atoms with Crippen molar-refractivity contribution in [1.29, 1.82) is 0 Å². The highest BCUT2D eigenvalue weighted by Gasteiger charge is 2.38. The highest BCUT2D eigenvalue weighted by molar-refractivity contribution is 9.10. The van der Waals surface area contributed by atoms with Crippen LogP contribution in [0.1, 0.15) is 62.8 Å². The molecular weight excluding hydrogens is 482 g/mol. The second-order valence-corrected chi connectivity index (χ2v) is 10.5. The SMILES string of the molecule is CC(C)(C)c1ccc(COc2ccc(Br)cc2C2C3=C(CCCC3=O)Nc3nnnn32)cc1. The molecular formula is C25H26BrN5O2. The third-order valence-corrected chi connectivity index (χ3v) is 6.70. The van der Waals surface area contributed by atoms with Crippen LogP contribution in [0.25, 0.3) is 0 Å². The fourth-order valence-corrected chi connectivity index (χ4v) is 4.81. The number of hydrogen-bond donors (Lipinski definition) is 1. The second kappa shape index (κ2) is 8.41. The van der Waals surface area contributed by atoms with Crippen LogP contribution in [0.15, 0.2) is 58.2 Å². The van der Waals surface area contributed by atoms with Crippen LogP contribution in [0.3, 0.4) is 0 Å². The van der Waals surface area contributed by atoms with Gasteiger partial charge in [0.25, 0.3) is 0 Å². The van der Waals surface area contributed by atoms with Crippen molar-refractivity contribution in [3.05, 3.63) is 74.9 Å². The summed E-state index contributed by atoms with van der Waals surface area (Å²) < 4.78 is 8.88. The van der Waals surface area contributed by atoms with Crippen LogP contribution in [-0.4, -0.2) is 26.0 Å². The van der Waals surface area contributed by atoms with Crippen molar-refractivity contribution in [1.82, 2.24) is 20.2 Å². The van der Waals surface area contributed by atoms with E-state index < -0.39 is 6.04 Å². The maximum atomic E-state index is 13.0. The first kappa shape index (κ1) is 21.8. The molecule has 1 aliphatic carbocycles. The summed E-state index contributed by atoms with van der Waals surface area (Å²) in [6, 6.07) is 14.0.